The van der Waals surface area contributed by atoms with Gasteiger partial charge in [-0.1, -0.05) is 44.2 Å². The zero-order valence-corrected chi connectivity index (χ0v) is 9.57. The standard InChI is InChI=1S/C13H19NO/c1-3-13(15)11-14(4-2)10-12-8-6-5-7-9-12/h5-9H,3-4,10-11H2,1-2H3. The van der Waals surface area contributed by atoms with E-state index in [1.54, 1.807) is 0 Å². The molecule has 0 bridgehead atoms. The van der Waals surface area contributed by atoms with Gasteiger partial charge in [0.05, 0.1) is 6.54 Å². The first-order chi connectivity index (χ1) is 7.26. The lowest BCUT2D eigenvalue weighted by Gasteiger charge is -2.19. The summed E-state index contributed by atoms with van der Waals surface area (Å²) in [6.45, 7) is 6.36. The maximum Gasteiger partial charge on any atom is 0.146 e. The molecule has 1 rings (SSSR count). The van der Waals surface area contributed by atoms with Gasteiger partial charge in [-0.15, -0.1) is 0 Å². The Labute approximate surface area is 91.9 Å². The number of carbonyl (C=O) groups is 1. The van der Waals surface area contributed by atoms with Crippen molar-refractivity contribution in [3.63, 3.8) is 0 Å². The van der Waals surface area contributed by atoms with Crippen LogP contribution in [0.3, 0.4) is 0 Å². The lowest BCUT2D eigenvalue weighted by Crippen LogP contribution is -2.28. The normalized spacial score (nSPS) is 10.6. The molecule has 0 heterocycles. The predicted octanol–water partition coefficient (Wildman–Crippen LogP) is 2.49. The van der Waals surface area contributed by atoms with Crippen LogP contribution in [0.5, 0.6) is 0 Å². The zero-order valence-electron chi connectivity index (χ0n) is 9.57. The van der Waals surface area contributed by atoms with Crippen molar-refractivity contribution >= 4 is 5.78 Å². The molecule has 0 amide bonds. The van der Waals surface area contributed by atoms with Gasteiger partial charge in [-0.2, -0.15) is 0 Å². The molecule has 0 aromatic heterocycles. The number of ketones is 1. The van der Waals surface area contributed by atoms with Crippen LogP contribution in [0.4, 0.5) is 0 Å². The van der Waals surface area contributed by atoms with Crippen molar-refractivity contribution in [1.82, 2.24) is 4.90 Å². The van der Waals surface area contributed by atoms with Crippen LogP contribution in [0, 0.1) is 0 Å². The van der Waals surface area contributed by atoms with E-state index in [1.807, 2.05) is 25.1 Å². The molecule has 0 fully saturated rings. The molecule has 15 heavy (non-hydrogen) atoms. The molecule has 0 spiro atoms. The van der Waals surface area contributed by atoms with E-state index >= 15 is 0 Å². The van der Waals surface area contributed by atoms with Gasteiger partial charge in [0.15, 0.2) is 0 Å². The van der Waals surface area contributed by atoms with Crippen LogP contribution in [0.15, 0.2) is 30.3 Å². The van der Waals surface area contributed by atoms with Gasteiger partial charge in [-0.3, -0.25) is 9.69 Å². The van der Waals surface area contributed by atoms with Crippen LogP contribution in [0.2, 0.25) is 0 Å². The van der Waals surface area contributed by atoms with E-state index in [9.17, 15) is 4.79 Å². The van der Waals surface area contributed by atoms with Crippen LogP contribution in [-0.4, -0.2) is 23.8 Å². The summed E-state index contributed by atoms with van der Waals surface area (Å²) in [5.41, 5.74) is 1.27. The molecule has 0 saturated carbocycles. The maximum absolute atomic E-state index is 11.3. The summed E-state index contributed by atoms with van der Waals surface area (Å²) in [6, 6.07) is 10.3. The highest BCUT2D eigenvalue weighted by molar-refractivity contribution is 5.80. The molecule has 0 saturated heterocycles. The van der Waals surface area contributed by atoms with Crippen molar-refractivity contribution in [2.75, 3.05) is 13.1 Å². The molecule has 0 unspecified atom stereocenters. The Bertz CT molecular complexity index is 295. The van der Waals surface area contributed by atoms with E-state index in [-0.39, 0.29) is 0 Å². The molecule has 0 aliphatic rings. The summed E-state index contributed by atoms with van der Waals surface area (Å²) in [5.74, 6) is 0.313. The van der Waals surface area contributed by atoms with E-state index in [1.165, 1.54) is 5.56 Å². The van der Waals surface area contributed by atoms with Crippen molar-refractivity contribution in [2.45, 2.75) is 26.8 Å². The molecular weight excluding hydrogens is 186 g/mol. The van der Waals surface area contributed by atoms with Crippen molar-refractivity contribution in [3.8, 4) is 0 Å². The van der Waals surface area contributed by atoms with E-state index in [0.29, 0.717) is 18.7 Å². The summed E-state index contributed by atoms with van der Waals surface area (Å²) in [7, 11) is 0. The average molecular weight is 205 g/mol. The van der Waals surface area contributed by atoms with Crippen LogP contribution in [0.1, 0.15) is 25.8 Å². The summed E-state index contributed by atoms with van der Waals surface area (Å²) >= 11 is 0. The van der Waals surface area contributed by atoms with Gasteiger partial charge in [-0.25, -0.2) is 0 Å². The van der Waals surface area contributed by atoms with Gasteiger partial charge >= 0.3 is 0 Å². The fourth-order valence-electron chi connectivity index (χ4n) is 1.48. The smallest absolute Gasteiger partial charge is 0.146 e. The topological polar surface area (TPSA) is 20.3 Å². The van der Waals surface area contributed by atoms with Gasteiger partial charge in [0.2, 0.25) is 0 Å². The van der Waals surface area contributed by atoms with E-state index in [0.717, 1.165) is 13.1 Å². The number of nitrogens with zero attached hydrogens (tertiary/aromatic N) is 1. The third-order valence-corrected chi connectivity index (χ3v) is 2.49. The van der Waals surface area contributed by atoms with Crippen molar-refractivity contribution < 1.29 is 4.79 Å². The highest BCUT2D eigenvalue weighted by Crippen LogP contribution is 2.04. The molecule has 0 aliphatic carbocycles. The van der Waals surface area contributed by atoms with Gasteiger partial charge in [0, 0.05) is 13.0 Å². The Morgan fingerprint density at radius 2 is 1.87 bits per heavy atom. The molecule has 0 N–H and O–H groups in total. The summed E-state index contributed by atoms with van der Waals surface area (Å²) in [5, 5.41) is 0. The number of rotatable bonds is 6. The molecule has 82 valence electrons. The Balaban J connectivity index is 2.50. The maximum atomic E-state index is 11.3. The first-order valence-corrected chi connectivity index (χ1v) is 5.54. The Kier molecular flexibility index (Phi) is 5.05. The molecule has 1 aromatic carbocycles. The number of hydrogen-bond acceptors (Lipinski definition) is 2. The van der Waals surface area contributed by atoms with Crippen LogP contribution in [0.25, 0.3) is 0 Å². The molecular formula is C13H19NO. The predicted molar refractivity (Wildman–Crippen MR) is 62.7 cm³/mol. The van der Waals surface area contributed by atoms with Crippen LogP contribution in [-0.2, 0) is 11.3 Å². The fourth-order valence-corrected chi connectivity index (χ4v) is 1.48. The highest BCUT2D eigenvalue weighted by Gasteiger charge is 2.07. The second-order valence-corrected chi connectivity index (χ2v) is 3.68. The second kappa shape index (κ2) is 6.36. The van der Waals surface area contributed by atoms with Gasteiger partial charge < -0.3 is 0 Å². The minimum atomic E-state index is 0.313. The monoisotopic (exact) mass is 205 g/mol. The van der Waals surface area contributed by atoms with Gasteiger partial charge in [-0.05, 0) is 12.1 Å². The van der Waals surface area contributed by atoms with Gasteiger partial charge in [0.25, 0.3) is 0 Å². The summed E-state index contributed by atoms with van der Waals surface area (Å²) < 4.78 is 0. The molecule has 1 aromatic rings. The van der Waals surface area contributed by atoms with E-state index in [4.69, 9.17) is 0 Å². The third kappa shape index (κ3) is 4.26. The Hall–Kier alpha value is -1.15. The van der Waals surface area contributed by atoms with E-state index < -0.39 is 0 Å². The van der Waals surface area contributed by atoms with Crippen molar-refractivity contribution in [1.29, 1.82) is 0 Å². The first-order valence-electron chi connectivity index (χ1n) is 5.54. The number of hydrogen-bond donors (Lipinski definition) is 0. The molecule has 2 nitrogen and oxygen atoms in total. The van der Waals surface area contributed by atoms with E-state index in [2.05, 4.69) is 24.0 Å². The molecule has 0 radical (unpaired) electrons. The van der Waals surface area contributed by atoms with Gasteiger partial charge in [0.1, 0.15) is 5.78 Å². The number of likely N-dealkylation sites (N-methyl/N-ethyl adjacent to an activating group) is 1. The summed E-state index contributed by atoms with van der Waals surface area (Å²) in [4.78, 5) is 13.5. The average Bonchev–Trinajstić information content (AvgIpc) is 2.29. The Morgan fingerprint density at radius 1 is 1.20 bits per heavy atom. The van der Waals surface area contributed by atoms with Crippen molar-refractivity contribution in [2.24, 2.45) is 0 Å². The Morgan fingerprint density at radius 3 is 2.40 bits per heavy atom. The lowest BCUT2D eigenvalue weighted by molar-refractivity contribution is -0.120. The third-order valence-electron chi connectivity index (χ3n) is 2.49. The quantitative estimate of drug-likeness (QED) is 0.711. The highest BCUT2D eigenvalue weighted by atomic mass is 16.1. The molecule has 0 atom stereocenters. The van der Waals surface area contributed by atoms with Crippen LogP contribution < -0.4 is 0 Å². The SMILES string of the molecule is CCC(=O)CN(CC)Cc1ccccc1. The number of carbonyl (C=O) groups excluding carboxylic acids is 1. The molecule has 2 heteroatoms. The minimum Gasteiger partial charge on any atom is -0.298 e. The minimum absolute atomic E-state index is 0.313. The van der Waals surface area contributed by atoms with Crippen molar-refractivity contribution in [3.05, 3.63) is 35.9 Å². The van der Waals surface area contributed by atoms with Crippen LogP contribution >= 0.6 is 0 Å². The lowest BCUT2D eigenvalue weighted by atomic mass is 10.2. The second-order valence-electron chi connectivity index (χ2n) is 3.68. The fraction of sp³-hybridized carbons (Fsp3) is 0.462. The first kappa shape index (κ1) is 11.9. The zero-order chi connectivity index (χ0) is 11.1. The molecule has 0 aliphatic heterocycles. The summed E-state index contributed by atoms with van der Waals surface area (Å²) in [6.07, 6.45) is 0.630. The largest absolute Gasteiger partial charge is 0.298 e. The number of benzene rings is 1. The number of Topliss-reactive ketones (excluding diaryl/α,β-unsaturated/α-hetero) is 1.